The lowest BCUT2D eigenvalue weighted by Crippen LogP contribution is -2.39. The highest BCUT2D eigenvalue weighted by atomic mass is 35.5. The van der Waals surface area contributed by atoms with Gasteiger partial charge in [0.05, 0.1) is 30.4 Å². The molecule has 1 aliphatic heterocycles. The lowest BCUT2D eigenvalue weighted by Gasteiger charge is -2.22. The van der Waals surface area contributed by atoms with Gasteiger partial charge in [-0.1, -0.05) is 41.6 Å². The standard InChI is InChI=1S/C26H22ClN3O4/c1-17-13-19(8-7-18-5-3-2-4-6-18)15-28-24(17)30-25(31)21-14-20(9-10-22(21)27)29-26(32)23-16-33-11-12-34-23/h2-6,9-10,13-15,23H,11-12,16H2,1H3,(H,29,32)(H,28,30,31). The Hall–Kier alpha value is -3.70. The molecule has 1 unspecified atom stereocenters. The Bertz CT molecular complexity index is 1260. The van der Waals surface area contributed by atoms with Gasteiger partial charge in [0.2, 0.25) is 0 Å². The van der Waals surface area contributed by atoms with Gasteiger partial charge in [-0.15, -0.1) is 0 Å². The minimum absolute atomic E-state index is 0.184. The number of benzene rings is 2. The largest absolute Gasteiger partial charge is 0.376 e. The number of aromatic nitrogens is 1. The smallest absolute Gasteiger partial charge is 0.258 e. The summed E-state index contributed by atoms with van der Waals surface area (Å²) in [6, 6.07) is 16.2. The first-order chi connectivity index (χ1) is 16.5. The van der Waals surface area contributed by atoms with Crippen molar-refractivity contribution in [1.82, 2.24) is 4.98 Å². The molecule has 0 saturated carbocycles. The Labute approximate surface area is 202 Å². The average Bonchev–Trinajstić information content (AvgIpc) is 2.86. The number of pyridine rings is 1. The SMILES string of the molecule is Cc1cc(C#Cc2ccccc2)cnc1NC(=O)c1cc(NC(=O)C2COCCO2)ccc1Cl. The Morgan fingerprint density at radius 1 is 1.03 bits per heavy atom. The van der Waals surface area contributed by atoms with E-state index in [4.69, 9.17) is 21.1 Å². The third-order valence-corrected chi connectivity index (χ3v) is 5.35. The van der Waals surface area contributed by atoms with Crippen molar-refractivity contribution in [3.05, 3.63) is 88.1 Å². The molecular formula is C26H22ClN3O4. The fourth-order valence-electron chi connectivity index (χ4n) is 3.25. The molecule has 172 valence electrons. The summed E-state index contributed by atoms with van der Waals surface area (Å²) in [7, 11) is 0. The van der Waals surface area contributed by atoms with E-state index in [1.165, 1.54) is 6.07 Å². The summed E-state index contributed by atoms with van der Waals surface area (Å²) in [5.41, 5.74) is 3.01. The fourth-order valence-corrected chi connectivity index (χ4v) is 3.46. The second kappa shape index (κ2) is 10.9. The minimum atomic E-state index is -0.697. The van der Waals surface area contributed by atoms with Crippen LogP contribution in [0, 0.1) is 18.8 Å². The van der Waals surface area contributed by atoms with E-state index in [1.807, 2.05) is 43.3 Å². The molecule has 2 N–H and O–H groups in total. The van der Waals surface area contributed by atoms with Gasteiger partial charge < -0.3 is 20.1 Å². The molecule has 8 heteroatoms. The molecule has 7 nitrogen and oxygen atoms in total. The van der Waals surface area contributed by atoms with Crippen LogP contribution >= 0.6 is 11.6 Å². The monoisotopic (exact) mass is 475 g/mol. The number of rotatable bonds is 4. The Kier molecular flexibility index (Phi) is 7.55. The molecule has 2 heterocycles. The first-order valence-corrected chi connectivity index (χ1v) is 11.0. The number of nitrogens with zero attached hydrogens (tertiary/aromatic N) is 1. The molecule has 0 spiro atoms. The van der Waals surface area contributed by atoms with Gasteiger partial charge in [0, 0.05) is 23.0 Å². The van der Waals surface area contributed by atoms with Crippen LogP contribution in [0.2, 0.25) is 5.02 Å². The van der Waals surface area contributed by atoms with Gasteiger partial charge in [0.15, 0.2) is 6.10 Å². The van der Waals surface area contributed by atoms with Crippen LogP contribution in [-0.2, 0) is 14.3 Å². The zero-order valence-corrected chi connectivity index (χ0v) is 19.2. The molecule has 1 fully saturated rings. The zero-order chi connectivity index (χ0) is 23.9. The topological polar surface area (TPSA) is 89.6 Å². The lowest BCUT2D eigenvalue weighted by atomic mass is 10.1. The fraction of sp³-hybridized carbons (Fsp3) is 0.192. The van der Waals surface area contributed by atoms with Crippen molar-refractivity contribution in [1.29, 1.82) is 0 Å². The number of hydrogen-bond donors (Lipinski definition) is 2. The maximum Gasteiger partial charge on any atom is 0.258 e. The van der Waals surface area contributed by atoms with Crippen LogP contribution in [0.25, 0.3) is 0 Å². The Balaban J connectivity index is 1.45. The van der Waals surface area contributed by atoms with Gasteiger partial charge in [-0.25, -0.2) is 4.98 Å². The van der Waals surface area contributed by atoms with Crippen LogP contribution in [0.4, 0.5) is 11.5 Å². The maximum atomic E-state index is 12.9. The van der Waals surface area contributed by atoms with Gasteiger partial charge in [0.1, 0.15) is 5.82 Å². The molecule has 3 aromatic rings. The number of carbonyl (C=O) groups is 2. The van der Waals surface area contributed by atoms with Crippen molar-refractivity contribution >= 4 is 34.9 Å². The number of amides is 2. The summed E-state index contributed by atoms with van der Waals surface area (Å²) in [5.74, 6) is 5.75. The van der Waals surface area contributed by atoms with Gasteiger partial charge in [0.25, 0.3) is 11.8 Å². The molecule has 4 rings (SSSR count). The molecule has 2 aromatic carbocycles. The highest BCUT2D eigenvalue weighted by molar-refractivity contribution is 6.34. The normalized spacial score (nSPS) is 15.1. The van der Waals surface area contributed by atoms with E-state index >= 15 is 0 Å². The van der Waals surface area contributed by atoms with E-state index in [2.05, 4.69) is 27.5 Å². The van der Waals surface area contributed by atoms with Crippen LogP contribution in [0.3, 0.4) is 0 Å². The van der Waals surface area contributed by atoms with Crippen LogP contribution in [0.15, 0.2) is 60.8 Å². The number of aryl methyl sites for hydroxylation is 1. The second-order valence-electron chi connectivity index (χ2n) is 7.58. The van der Waals surface area contributed by atoms with Gasteiger partial charge in [-0.2, -0.15) is 0 Å². The van der Waals surface area contributed by atoms with Crippen LogP contribution in [0.5, 0.6) is 0 Å². The van der Waals surface area contributed by atoms with Crippen molar-refractivity contribution in [2.75, 3.05) is 30.5 Å². The van der Waals surface area contributed by atoms with E-state index in [9.17, 15) is 9.59 Å². The zero-order valence-electron chi connectivity index (χ0n) is 18.4. The first kappa shape index (κ1) is 23.5. The first-order valence-electron chi connectivity index (χ1n) is 10.6. The summed E-state index contributed by atoms with van der Waals surface area (Å²) >= 11 is 6.25. The van der Waals surface area contributed by atoms with Gasteiger partial charge in [-0.05, 0) is 48.9 Å². The quantitative estimate of drug-likeness (QED) is 0.556. The number of ether oxygens (including phenoxy) is 2. The Morgan fingerprint density at radius 2 is 1.82 bits per heavy atom. The van der Waals surface area contributed by atoms with Crippen LogP contribution in [-0.4, -0.2) is 42.7 Å². The highest BCUT2D eigenvalue weighted by Gasteiger charge is 2.23. The molecule has 0 bridgehead atoms. The molecule has 2 amide bonds. The maximum absolute atomic E-state index is 12.9. The summed E-state index contributed by atoms with van der Waals surface area (Å²) in [6.07, 6.45) is 0.903. The molecule has 1 aromatic heterocycles. The van der Waals surface area contributed by atoms with Crippen molar-refractivity contribution in [2.24, 2.45) is 0 Å². The molecule has 1 saturated heterocycles. The molecular weight excluding hydrogens is 454 g/mol. The third-order valence-electron chi connectivity index (χ3n) is 5.02. The molecule has 1 atom stereocenters. The highest BCUT2D eigenvalue weighted by Crippen LogP contribution is 2.23. The molecule has 1 aliphatic rings. The van der Waals surface area contributed by atoms with E-state index in [1.54, 1.807) is 18.3 Å². The van der Waals surface area contributed by atoms with Crippen molar-refractivity contribution in [2.45, 2.75) is 13.0 Å². The molecule has 0 aliphatic carbocycles. The number of anilines is 2. The minimum Gasteiger partial charge on any atom is -0.376 e. The molecule has 34 heavy (non-hydrogen) atoms. The van der Waals surface area contributed by atoms with Crippen LogP contribution in [0.1, 0.15) is 27.0 Å². The van der Waals surface area contributed by atoms with Gasteiger partial charge >= 0.3 is 0 Å². The summed E-state index contributed by atoms with van der Waals surface area (Å²) in [6.45, 7) is 2.84. The van der Waals surface area contributed by atoms with E-state index < -0.39 is 12.0 Å². The number of carbonyl (C=O) groups excluding carboxylic acids is 2. The van der Waals surface area contributed by atoms with Crippen molar-refractivity contribution in [3.8, 4) is 11.8 Å². The summed E-state index contributed by atoms with van der Waals surface area (Å²) in [4.78, 5) is 29.6. The third kappa shape index (κ3) is 6.00. The second-order valence-corrected chi connectivity index (χ2v) is 7.99. The predicted molar refractivity (Wildman–Crippen MR) is 130 cm³/mol. The van der Waals surface area contributed by atoms with Crippen molar-refractivity contribution < 1.29 is 19.1 Å². The number of nitrogens with one attached hydrogen (secondary N) is 2. The average molecular weight is 476 g/mol. The van der Waals surface area contributed by atoms with Crippen LogP contribution < -0.4 is 10.6 Å². The van der Waals surface area contributed by atoms with E-state index in [-0.39, 0.29) is 23.1 Å². The summed E-state index contributed by atoms with van der Waals surface area (Å²) < 4.78 is 10.7. The molecule has 0 radical (unpaired) electrons. The Morgan fingerprint density at radius 3 is 2.56 bits per heavy atom. The number of hydrogen-bond acceptors (Lipinski definition) is 5. The van der Waals surface area contributed by atoms with E-state index in [0.717, 1.165) is 16.7 Å². The predicted octanol–water partition coefficient (Wildman–Crippen LogP) is 4.05. The van der Waals surface area contributed by atoms with E-state index in [0.29, 0.717) is 24.7 Å². The number of halogens is 1. The lowest BCUT2D eigenvalue weighted by molar-refractivity contribution is -0.142. The summed E-state index contributed by atoms with van der Waals surface area (Å²) in [5, 5.41) is 5.75. The van der Waals surface area contributed by atoms with Gasteiger partial charge in [-0.3, -0.25) is 9.59 Å². The van der Waals surface area contributed by atoms with Crippen molar-refractivity contribution in [3.63, 3.8) is 0 Å².